The lowest BCUT2D eigenvalue weighted by Crippen LogP contribution is -2.37. The molecule has 0 fully saturated rings. The van der Waals surface area contributed by atoms with Crippen molar-refractivity contribution >= 4 is 22.8 Å². The van der Waals surface area contributed by atoms with E-state index in [9.17, 15) is 9.59 Å². The molecule has 0 atom stereocenters. The van der Waals surface area contributed by atoms with Crippen molar-refractivity contribution in [1.29, 1.82) is 0 Å². The lowest BCUT2D eigenvalue weighted by atomic mass is 10.4. The molecule has 3 heterocycles. The molecule has 23 heavy (non-hydrogen) atoms. The molecular formula is C13H15ClN6O3. The Bertz CT molecular complexity index is 966. The predicted octanol–water partition coefficient (Wildman–Crippen LogP) is -0.159. The maximum atomic E-state index is 12.3. The second-order valence-electron chi connectivity index (χ2n) is 5.11. The number of fused-ring (bicyclic) bond motifs is 1. The number of rotatable bonds is 5. The number of nitrogens with zero attached hydrogens (tertiary/aromatic N) is 6. The van der Waals surface area contributed by atoms with Gasteiger partial charge >= 0.3 is 5.69 Å². The normalized spacial score (nSPS) is 11.4. The Balaban J connectivity index is 1.92. The first-order chi connectivity index (χ1) is 11.0. The van der Waals surface area contributed by atoms with Crippen LogP contribution in [0.4, 0.5) is 0 Å². The number of hydrogen-bond donors (Lipinski definition) is 0. The summed E-state index contributed by atoms with van der Waals surface area (Å²) in [6.07, 6.45) is 2.53. The van der Waals surface area contributed by atoms with Crippen LogP contribution in [0.2, 0.25) is 0 Å². The van der Waals surface area contributed by atoms with Crippen molar-refractivity contribution in [3.8, 4) is 0 Å². The monoisotopic (exact) mass is 338 g/mol. The minimum absolute atomic E-state index is 0.356. The van der Waals surface area contributed by atoms with E-state index in [1.165, 1.54) is 17.9 Å². The number of aromatic nitrogens is 6. The summed E-state index contributed by atoms with van der Waals surface area (Å²) < 4.78 is 9.16. The smallest absolute Gasteiger partial charge is 0.332 e. The minimum atomic E-state index is -0.406. The van der Waals surface area contributed by atoms with Gasteiger partial charge in [-0.2, -0.15) is 4.98 Å². The number of aryl methyl sites for hydroxylation is 4. The van der Waals surface area contributed by atoms with Crippen LogP contribution in [0.5, 0.6) is 0 Å². The van der Waals surface area contributed by atoms with Gasteiger partial charge in [0, 0.05) is 39.4 Å². The third kappa shape index (κ3) is 2.67. The summed E-state index contributed by atoms with van der Waals surface area (Å²) in [5, 5.41) is 3.87. The van der Waals surface area contributed by atoms with E-state index in [1.807, 2.05) is 0 Å². The van der Waals surface area contributed by atoms with Gasteiger partial charge in [-0.15, -0.1) is 11.6 Å². The van der Waals surface area contributed by atoms with E-state index in [0.29, 0.717) is 48.1 Å². The summed E-state index contributed by atoms with van der Waals surface area (Å²) in [7, 11) is 3.03. The number of halogens is 1. The van der Waals surface area contributed by atoms with Crippen LogP contribution in [0.25, 0.3) is 11.2 Å². The SMILES string of the molecule is Cn1c(=O)c2c(ncn2CCc2noc(CCCl)n2)n(C)c1=O. The summed E-state index contributed by atoms with van der Waals surface area (Å²) in [6.45, 7) is 0.448. The molecule has 0 aliphatic heterocycles. The van der Waals surface area contributed by atoms with Gasteiger partial charge in [0.15, 0.2) is 17.0 Å². The first-order valence-electron chi connectivity index (χ1n) is 7.01. The molecule has 0 saturated carbocycles. The topological polar surface area (TPSA) is 101 Å². The third-order valence-corrected chi connectivity index (χ3v) is 3.80. The van der Waals surface area contributed by atoms with Crippen LogP contribution in [0, 0.1) is 0 Å². The molecule has 0 radical (unpaired) electrons. The lowest BCUT2D eigenvalue weighted by Gasteiger charge is -2.05. The van der Waals surface area contributed by atoms with Crippen molar-refractivity contribution in [2.75, 3.05) is 5.88 Å². The molecule has 0 bridgehead atoms. The molecule has 9 nitrogen and oxygen atoms in total. The van der Waals surface area contributed by atoms with Crippen molar-refractivity contribution in [2.24, 2.45) is 14.1 Å². The van der Waals surface area contributed by atoms with Gasteiger partial charge in [0.1, 0.15) is 0 Å². The van der Waals surface area contributed by atoms with Crippen LogP contribution < -0.4 is 11.2 Å². The van der Waals surface area contributed by atoms with Crippen LogP contribution in [-0.4, -0.2) is 34.7 Å². The minimum Gasteiger partial charge on any atom is -0.339 e. The largest absolute Gasteiger partial charge is 0.339 e. The van der Waals surface area contributed by atoms with E-state index in [2.05, 4.69) is 15.1 Å². The summed E-state index contributed by atoms with van der Waals surface area (Å²) in [5.74, 6) is 1.44. The van der Waals surface area contributed by atoms with E-state index in [1.54, 1.807) is 11.6 Å². The van der Waals surface area contributed by atoms with E-state index in [0.717, 1.165) is 4.57 Å². The average Bonchev–Trinajstić information content (AvgIpc) is 3.16. The third-order valence-electron chi connectivity index (χ3n) is 3.61. The maximum Gasteiger partial charge on any atom is 0.332 e. The highest BCUT2D eigenvalue weighted by molar-refractivity contribution is 6.17. The van der Waals surface area contributed by atoms with Crippen molar-refractivity contribution in [2.45, 2.75) is 19.4 Å². The zero-order valence-corrected chi connectivity index (χ0v) is 13.4. The highest BCUT2D eigenvalue weighted by Crippen LogP contribution is 2.07. The Morgan fingerprint density at radius 3 is 2.74 bits per heavy atom. The lowest BCUT2D eigenvalue weighted by molar-refractivity contribution is 0.376. The molecule has 0 aromatic carbocycles. The van der Waals surface area contributed by atoms with Crippen LogP contribution in [-0.2, 0) is 33.5 Å². The standard InChI is InChI=1S/C13H15ClN6O3/c1-18-11-10(12(21)19(2)13(18)22)20(7-15-11)6-4-8-16-9(3-5-14)23-17-8/h7H,3-6H2,1-2H3. The first-order valence-corrected chi connectivity index (χ1v) is 7.54. The molecule has 122 valence electrons. The fraction of sp³-hybridized carbons (Fsp3) is 0.462. The highest BCUT2D eigenvalue weighted by Gasteiger charge is 2.15. The van der Waals surface area contributed by atoms with Crippen molar-refractivity contribution < 1.29 is 4.52 Å². The zero-order valence-electron chi connectivity index (χ0n) is 12.7. The van der Waals surface area contributed by atoms with E-state index < -0.39 is 5.69 Å². The van der Waals surface area contributed by atoms with Gasteiger partial charge in [0.25, 0.3) is 5.56 Å². The van der Waals surface area contributed by atoms with E-state index in [4.69, 9.17) is 16.1 Å². The molecule has 10 heteroatoms. The van der Waals surface area contributed by atoms with Crippen LogP contribution in [0.3, 0.4) is 0 Å². The number of hydrogen-bond acceptors (Lipinski definition) is 6. The van der Waals surface area contributed by atoms with Gasteiger partial charge in [0.2, 0.25) is 5.89 Å². The van der Waals surface area contributed by atoms with Gasteiger partial charge in [-0.3, -0.25) is 13.9 Å². The molecule has 0 spiro atoms. The number of alkyl halides is 1. The van der Waals surface area contributed by atoms with Gasteiger partial charge in [0.05, 0.1) is 6.33 Å². The molecular weight excluding hydrogens is 324 g/mol. The summed E-state index contributed by atoms with van der Waals surface area (Å²) in [5.41, 5.74) is -0.0544. The van der Waals surface area contributed by atoms with Gasteiger partial charge in [-0.25, -0.2) is 9.78 Å². The van der Waals surface area contributed by atoms with Gasteiger partial charge < -0.3 is 9.09 Å². The van der Waals surface area contributed by atoms with Crippen molar-refractivity contribution in [3.63, 3.8) is 0 Å². The Morgan fingerprint density at radius 2 is 2.00 bits per heavy atom. The quantitative estimate of drug-likeness (QED) is 0.599. The Kier molecular flexibility index (Phi) is 4.03. The Hall–Kier alpha value is -2.42. The average molecular weight is 339 g/mol. The van der Waals surface area contributed by atoms with Crippen molar-refractivity contribution in [3.05, 3.63) is 38.9 Å². The second-order valence-corrected chi connectivity index (χ2v) is 5.49. The Morgan fingerprint density at radius 1 is 1.22 bits per heavy atom. The highest BCUT2D eigenvalue weighted by atomic mass is 35.5. The fourth-order valence-electron chi connectivity index (χ4n) is 2.36. The number of imidazole rings is 1. The molecule has 0 aliphatic rings. The molecule has 3 aromatic heterocycles. The summed E-state index contributed by atoms with van der Waals surface area (Å²) >= 11 is 5.62. The van der Waals surface area contributed by atoms with Crippen molar-refractivity contribution in [1.82, 2.24) is 28.8 Å². The van der Waals surface area contributed by atoms with E-state index in [-0.39, 0.29) is 5.56 Å². The molecule has 0 aliphatic carbocycles. The fourth-order valence-corrected chi connectivity index (χ4v) is 2.52. The summed E-state index contributed by atoms with van der Waals surface area (Å²) in [6, 6.07) is 0. The molecule has 0 unspecified atom stereocenters. The molecule has 0 amide bonds. The van der Waals surface area contributed by atoms with Crippen LogP contribution >= 0.6 is 11.6 Å². The van der Waals surface area contributed by atoms with E-state index >= 15 is 0 Å². The van der Waals surface area contributed by atoms with Crippen LogP contribution in [0.15, 0.2) is 20.4 Å². The Labute approximate surface area is 135 Å². The first kappa shape index (κ1) is 15.5. The molecule has 0 N–H and O–H groups in total. The molecule has 0 saturated heterocycles. The van der Waals surface area contributed by atoms with Gasteiger partial charge in [-0.05, 0) is 0 Å². The van der Waals surface area contributed by atoms with Crippen LogP contribution in [0.1, 0.15) is 11.7 Å². The molecule has 3 rings (SSSR count). The second kappa shape index (κ2) is 5.99. The molecule has 3 aromatic rings. The maximum absolute atomic E-state index is 12.3. The predicted molar refractivity (Wildman–Crippen MR) is 82.6 cm³/mol. The van der Waals surface area contributed by atoms with Gasteiger partial charge in [-0.1, -0.05) is 5.16 Å². The summed E-state index contributed by atoms with van der Waals surface area (Å²) in [4.78, 5) is 32.6. The zero-order chi connectivity index (χ0) is 16.6.